The van der Waals surface area contributed by atoms with Gasteiger partial charge in [-0.05, 0) is 37.6 Å². The molecule has 29 heavy (non-hydrogen) atoms. The Hall–Kier alpha value is -2.22. The topological polar surface area (TPSA) is 76.1 Å². The fourth-order valence-electron chi connectivity index (χ4n) is 2.96. The number of halogens is 2. The average molecular weight is 458 g/mol. The zero-order valence-corrected chi connectivity index (χ0v) is 19.1. The van der Waals surface area contributed by atoms with Crippen molar-refractivity contribution in [1.29, 1.82) is 0 Å². The van der Waals surface area contributed by atoms with Crippen LogP contribution in [0.25, 0.3) is 10.4 Å². The number of nitrogens with one attached hydrogen (secondary N) is 2. The molecule has 3 rings (SSSR count). The molecule has 0 unspecified atom stereocenters. The van der Waals surface area contributed by atoms with Gasteiger partial charge in [-0.25, -0.2) is 4.79 Å². The first-order valence-corrected chi connectivity index (χ1v) is 9.55. The van der Waals surface area contributed by atoms with Crippen LogP contribution in [0.2, 0.25) is 0 Å². The number of H-pyrrole nitrogens is 1. The Kier molecular flexibility index (Phi) is 9.01. The van der Waals surface area contributed by atoms with E-state index in [1.807, 2.05) is 33.2 Å². The fourth-order valence-corrected chi connectivity index (χ4v) is 3.98. The van der Waals surface area contributed by atoms with E-state index in [9.17, 15) is 9.59 Å². The lowest BCUT2D eigenvalue weighted by molar-refractivity contribution is 0.0590. The monoisotopic (exact) mass is 457 g/mol. The molecule has 3 aromatic rings. The molecule has 0 spiro atoms. The van der Waals surface area contributed by atoms with E-state index < -0.39 is 0 Å². The van der Waals surface area contributed by atoms with Gasteiger partial charge in [0.15, 0.2) is 0 Å². The van der Waals surface area contributed by atoms with Gasteiger partial charge >= 0.3 is 5.97 Å². The van der Waals surface area contributed by atoms with Gasteiger partial charge in [-0.1, -0.05) is 6.92 Å². The highest BCUT2D eigenvalue weighted by molar-refractivity contribution is 7.15. The van der Waals surface area contributed by atoms with E-state index in [1.165, 1.54) is 7.11 Å². The zero-order valence-electron chi connectivity index (χ0n) is 16.7. The highest BCUT2D eigenvalue weighted by Gasteiger charge is 2.13. The van der Waals surface area contributed by atoms with Crippen molar-refractivity contribution in [2.45, 2.75) is 26.8 Å². The van der Waals surface area contributed by atoms with E-state index in [2.05, 4.69) is 22.4 Å². The Morgan fingerprint density at radius 3 is 2.66 bits per heavy atom. The van der Waals surface area contributed by atoms with Gasteiger partial charge in [0.1, 0.15) is 5.69 Å². The summed E-state index contributed by atoms with van der Waals surface area (Å²) in [6, 6.07) is 7.91. The van der Waals surface area contributed by atoms with Crippen LogP contribution < -0.4 is 10.9 Å². The number of pyridine rings is 1. The minimum Gasteiger partial charge on any atom is -0.464 e. The molecule has 9 heteroatoms. The van der Waals surface area contributed by atoms with Gasteiger partial charge in [-0.15, -0.1) is 36.2 Å². The lowest BCUT2D eigenvalue weighted by Gasteiger charge is -2.06. The number of anilines is 1. The van der Waals surface area contributed by atoms with Gasteiger partial charge in [0.2, 0.25) is 0 Å². The Morgan fingerprint density at radius 1 is 1.28 bits per heavy atom. The number of methoxy groups -OCH3 is 1. The Morgan fingerprint density at radius 2 is 2.00 bits per heavy atom. The third kappa shape index (κ3) is 5.44. The molecule has 3 heterocycles. The molecule has 0 aromatic carbocycles. The number of aromatic nitrogens is 2. The van der Waals surface area contributed by atoms with Crippen LogP contribution >= 0.6 is 36.2 Å². The van der Waals surface area contributed by atoms with Gasteiger partial charge < -0.3 is 19.6 Å². The first-order chi connectivity index (χ1) is 12.9. The number of hydrogen-bond donors (Lipinski definition) is 2. The minimum atomic E-state index is -0.357. The average Bonchev–Trinajstić information content (AvgIpc) is 3.26. The lowest BCUT2D eigenvalue weighted by atomic mass is 10.1. The first kappa shape index (κ1) is 24.8. The summed E-state index contributed by atoms with van der Waals surface area (Å²) in [7, 11) is 3.18. The van der Waals surface area contributed by atoms with Crippen LogP contribution in [0.1, 0.15) is 33.5 Å². The van der Waals surface area contributed by atoms with Crippen LogP contribution in [0.15, 0.2) is 35.3 Å². The summed E-state index contributed by atoms with van der Waals surface area (Å²) < 4.78 is 6.51. The van der Waals surface area contributed by atoms with Gasteiger partial charge in [-0.2, -0.15) is 0 Å². The van der Waals surface area contributed by atoms with Crippen LogP contribution in [0.4, 0.5) is 5.69 Å². The van der Waals surface area contributed by atoms with E-state index in [0.717, 1.165) is 32.3 Å². The molecule has 0 aliphatic carbocycles. The highest BCUT2D eigenvalue weighted by Crippen LogP contribution is 2.30. The Labute approximate surface area is 186 Å². The normalized spacial score (nSPS) is 10.1. The number of esters is 1. The van der Waals surface area contributed by atoms with Crippen molar-refractivity contribution in [3.63, 3.8) is 0 Å². The smallest absolute Gasteiger partial charge is 0.354 e. The SMILES string of the molecule is CCc1cc(-c2ccc(CNc3cc(C(=O)OC)n(C)c3)s2)c(C)[nH]c1=O.Cl.Cl. The quantitative estimate of drug-likeness (QED) is 0.532. The molecule has 6 nitrogen and oxygen atoms in total. The number of aryl methyl sites for hydroxylation is 3. The third-order valence-corrected chi connectivity index (χ3v) is 5.61. The van der Waals surface area contributed by atoms with Crippen LogP contribution in [0.3, 0.4) is 0 Å². The van der Waals surface area contributed by atoms with E-state index in [-0.39, 0.29) is 36.3 Å². The maximum absolute atomic E-state index is 11.9. The predicted molar refractivity (Wildman–Crippen MR) is 123 cm³/mol. The van der Waals surface area contributed by atoms with E-state index in [4.69, 9.17) is 4.74 Å². The number of carbonyl (C=O) groups is 1. The van der Waals surface area contributed by atoms with Crippen LogP contribution in [-0.4, -0.2) is 22.6 Å². The molecule has 3 aromatic heterocycles. The van der Waals surface area contributed by atoms with E-state index in [1.54, 1.807) is 22.0 Å². The van der Waals surface area contributed by atoms with Crippen LogP contribution in [0.5, 0.6) is 0 Å². The molecule has 0 radical (unpaired) electrons. The zero-order chi connectivity index (χ0) is 19.6. The second-order valence-corrected chi connectivity index (χ2v) is 7.52. The maximum atomic E-state index is 11.9. The van der Waals surface area contributed by atoms with Gasteiger partial charge in [0, 0.05) is 46.4 Å². The molecule has 2 N–H and O–H groups in total. The molecule has 0 saturated carbocycles. The molecule has 0 fully saturated rings. The van der Waals surface area contributed by atoms with Crippen molar-refractivity contribution in [3.05, 3.63) is 62.6 Å². The van der Waals surface area contributed by atoms with Gasteiger partial charge in [-0.3, -0.25) is 4.79 Å². The minimum absolute atomic E-state index is 0. The standard InChI is InChI=1S/C20H23N3O3S.2ClH/c1-5-13-8-16(12(2)22-19(13)24)18-7-6-15(27-18)10-21-14-9-17(20(25)26-4)23(3)11-14;;/h6-9,11,21H,5,10H2,1-4H3,(H,22,24);2*1H. The summed E-state index contributed by atoms with van der Waals surface area (Å²) in [6.07, 6.45) is 2.57. The summed E-state index contributed by atoms with van der Waals surface area (Å²) in [6.45, 7) is 4.56. The first-order valence-electron chi connectivity index (χ1n) is 8.73. The Bertz CT molecular complexity index is 1040. The molecule has 0 saturated heterocycles. The Balaban J connectivity index is 0.00000210. The second-order valence-electron chi connectivity index (χ2n) is 6.35. The summed E-state index contributed by atoms with van der Waals surface area (Å²) in [5.74, 6) is -0.357. The summed E-state index contributed by atoms with van der Waals surface area (Å²) in [5, 5.41) is 3.34. The van der Waals surface area contributed by atoms with Crippen molar-refractivity contribution < 1.29 is 9.53 Å². The second kappa shape index (κ2) is 10.5. The number of nitrogens with zero attached hydrogens (tertiary/aromatic N) is 1. The molecule has 158 valence electrons. The fraction of sp³-hybridized carbons (Fsp3) is 0.300. The van der Waals surface area contributed by atoms with Crippen LogP contribution in [0, 0.1) is 6.92 Å². The third-order valence-electron chi connectivity index (χ3n) is 4.49. The van der Waals surface area contributed by atoms with E-state index in [0.29, 0.717) is 18.7 Å². The number of ether oxygens (including phenoxy) is 1. The molecule has 0 amide bonds. The van der Waals surface area contributed by atoms with Crippen molar-refractivity contribution in [2.24, 2.45) is 7.05 Å². The van der Waals surface area contributed by atoms with Crippen molar-refractivity contribution in [1.82, 2.24) is 9.55 Å². The van der Waals surface area contributed by atoms with Gasteiger partial charge in [0.05, 0.1) is 12.8 Å². The molecule has 0 aliphatic rings. The number of hydrogen-bond acceptors (Lipinski definition) is 5. The van der Waals surface area contributed by atoms with Crippen molar-refractivity contribution in [3.8, 4) is 10.4 Å². The summed E-state index contributed by atoms with van der Waals surface area (Å²) in [4.78, 5) is 28.8. The van der Waals surface area contributed by atoms with Crippen molar-refractivity contribution >= 4 is 47.8 Å². The van der Waals surface area contributed by atoms with Crippen LogP contribution in [-0.2, 0) is 24.8 Å². The number of aromatic amines is 1. The maximum Gasteiger partial charge on any atom is 0.354 e. The lowest BCUT2D eigenvalue weighted by Crippen LogP contribution is -2.13. The van der Waals surface area contributed by atoms with Gasteiger partial charge in [0.25, 0.3) is 5.56 Å². The number of rotatable bonds is 6. The molecular formula is C20H25Cl2N3O3S. The summed E-state index contributed by atoms with van der Waals surface area (Å²) in [5.41, 5.74) is 4.09. The molecular weight excluding hydrogens is 433 g/mol. The number of thiophene rings is 1. The largest absolute Gasteiger partial charge is 0.464 e. The van der Waals surface area contributed by atoms with E-state index >= 15 is 0 Å². The molecule has 0 aliphatic heterocycles. The highest BCUT2D eigenvalue weighted by atomic mass is 35.5. The molecule has 0 bridgehead atoms. The number of carbonyl (C=O) groups excluding carboxylic acids is 1. The molecule has 0 atom stereocenters. The summed E-state index contributed by atoms with van der Waals surface area (Å²) >= 11 is 1.68. The predicted octanol–water partition coefficient (Wildman–Crippen LogP) is 4.56. The van der Waals surface area contributed by atoms with Crippen molar-refractivity contribution in [2.75, 3.05) is 12.4 Å².